The van der Waals surface area contributed by atoms with Crippen LogP contribution in [0.2, 0.25) is 5.02 Å². The standard InChI is InChI=1S/C20H18ClN3O2/c1-13-4-3-5-14(10-13)23-16-6-8-18(22-12-16)20(25)24-15-7-9-19(26-2)17(21)11-15/h3-12,23H,1-2H3,(H,24,25). The van der Waals surface area contributed by atoms with Gasteiger partial charge in [-0.1, -0.05) is 23.7 Å². The molecule has 1 heterocycles. The number of anilines is 3. The number of aromatic nitrogens is 1. The lowest BCUT2D eigenvalue weighted by molar-refractivity contribution is 0.102. The SMILES string of the molecule is COc1ccc(NC(=O)c2ccc(Nc3cccc(C)c3)cn2)cc1Cl. The molecular weight excluding hydrogens is 350 g/mol. The fourth-order valence-corrected chi connectivity index (χ4v) is 2.69. The lowest BCUT2D eigenvalue weighted by atomic mass is 10.2. The Morgan fingerprint density at radius 1 is 1.04 bits per heavy atom. The summed E-state index contributed by atoms with van der Waals surface area (Å²) in [6.07, 6.45) is 1.62. The second-order valence-corrected chi connectivity index (χ2v) is 6.14. The van der Waals surface area contributed by atoms with Gasteiger partial charge >= 0.3 is 0 Å². The molecule has 132 valence electrons. The first-order valence-electron chi connectivity index (χ1n) is 8.00. The monoisotopic (exact) mass is 367 g/mol. The van der Waals surface area contributed by atoms with Gasteiger partial charge < -0.3 is 15.4 Å². The van der Waals surface area contributed by atoms with Crippen LogP contribution >= 0.6 is 11.6 Å². The van der Waals surface area contributed by atoms with Gasteiger partial charge in [-0.05, 0) is 55.0 Å². The summed E-state index contributed by atoms with van der Waals surface area (Å²) in [4.78, 5) is 16.5. The Labute approximate surface area is 157 Å². The molecule has 0 saturated carbocycles. The molecule has 2 N–H and O–H groups in total. The summed E-state index contributed by atoms with van der Waals surface area (Å²) in [5.41, 5.74) is 3.82. The first kappa shape index (κ1) is 17.8. The van der Waals surface area contributed by atoms with Gasteiger partial charge in [0, 0.05) is 11.4 Å². The van der Waals surface area contributed by atoms with Crippen LogP contribution in [0, 0.1) is 6.92 Å². The van der Waals surface area contributed by atoms with E-state index in [1.165, 1.54) is 7.11 Å². The number of hydrogen-bond donors (Lipinski definition) is 2. The summed E-state index contributed by atoms with van der Waals surface area (Å²) >= 11 is 6.07. The highest BCUT2D eigenvalue weighted by atomic mass is 35.5. The fourth-order valence-electron chi connectivity index (χ4n) is 2.43. The van der Waals surface area contributed by atoms with E-state index < -0.39 is 0 Å². The number of nitrogens with one attached hydrogen (secondary N) is 2. The maximum atomic E-state index is 12.3. The van der Waals surface area contributed by atoms with Crippen LogP contribution in [-0.4, -0.2) is 18.0 Å². The topological polar surface area (TPSA) is 63.2 Å². The van der Waals surface area contributed by atoms with Crippen molar-refractivity contribution in [1.82, 2.24) is 4.98 Å². The Balaban J connectivity index is 1.68. The third kappa shape index (κ3) is 4.32. The minimum Gasteiger partial charge on any atom is -0.495 e. The molecule has 0 aliphatic rings. The zero-order valence-electron chi connectivity index (χ0n) is 14.4. The van der Waals surface area contributed by atoms with Crippen molar-refractivity contribution in [3.63, 3.8) is 0 Å². The number of carbonyl (C=O) groups excluding carboxylic acids is 1. The Bertz CT molecular complexity index is 927. The number of rotatable bonds is 5. The molecule has 2 aromatic carbocycles. The van der Waals surface area contributed by atoms with E-state index in [2.05, 4.69) is 15.6 Å². The van der Waals surface area contributed by atoms with E-state index >= 15 is 0 Å². The fraction of sp³-hybridized carbons (Fsp3) is 0.100. The lowest BCUT2D eigenvalue weighted by Gasteiger charge is -2.09. The normalized spacial score (nSPS) is 10.3. The van der Waals surface area contributed by atoms with Gasteiger partial charge in [-0.3, -0.25) is 4.79 Å². The number of amides is 1. The molecule has 0 saturated heterocycles. The molecule has 0 radical (unpaired) electrons. The summed E-state index contributed by atoms with van der Waals surface area (Å²) in [5.74, 6) is 0.239. The highest BCUT2D eigenvalue weighted by molar-refractivity contribution is 6.32. The van der Waals surface area contributed by atoms with Crippen LogP contribution in [0.5, 0.6) is 5.75 Å². The molecule has 5 nitrogen and oxygen atoms in total. The Morgan fingerprint density at radius 3 is 2.50 bits per heavy atom. The number of ether oxygens (including phenoxy) is 1. The number of carbonyl (C=O) groups is 1. The molecule has 0 aliphatic heterocycles. The zero-order chi connectivity index (χ0) is 18.5. The summed E-state index contributed by atoms with van der Waals surface area (Å²) in [7, 11) is 1.54. The van der Waals surface area contributed by atoms with Crippen molar-refractivity contribution in [3.8, 4) is 5.75 Å². The minimum absolute atomic E-state index is 0.312. The predicted octanol–water partition coefficient (Wildman–Crippen LogP) is 5.05. The van der Waals surface area contributed by atoms with Gasteiger partial charge in [0.1, 0.15) is 11.4 Å². The van der Waals surface area contributed by atoms with Gasteiger partial charge in [0.05, 0.1) is 24.0 Å². The highest BCUT2D eigenvalue weighted by Gasteiger charge is 2.09. The maximum Gasteiger partial charge on any atom is 0.274 e. The van der Waals surface area contributed by atoms with Crippen LogP contribution in [0.1, 0.15) is 16.1 Å². The summed E-state index contributed by atoms with van der Waals surface area (Å²) in [5, 5.41) is 6.45. The number of hydrogen-bond acceptors (Lipinski definition) is 4. The Kier molecular flexibility index (Phi) is 5.39. The predicted molar refractivity (Wildman–Crippen MR) is 105 cm³/mol. The van der Waals surface area contributed by atoms with Gasteiger partial charge in [0.2, 0.25) is 0 Å². The summed E-state index contributed by atoms with van der Waals surface area (Å²) in [6, 6.07) is 16.5. The molecule has 3 rings (SSSR count). The van der Waals surface area contributed by atoms with Crippen LogP contribution in [0.3, 0.4) is 0 Å². The van der Waals surface area contributed by atoms with Crippen molar-refractivity contribution >= 4 is 34.6 Å². The van der Waals surface area contributed by atoms with Gasteiger partial charge in [0.15, 0.2) is 0 Å². The average Bonchev–Trinajstić information content (AvgIpc) is 2.62. The van der Waals surface area contributed by atoms with Crippen LogP contribution < -0.4 is 15.4 Å². The largest absolute Gasteiger partial charge is 0.495 e. The van der Waals surface area contributed by atoms with E-state index in [0.717, 1.165) is 16.9 Å². The van der Waals surface area contributed by atoms with E-state index in [9.17, 15) is 4.79 Å². The maximum absolute atomic E-state index is 12.3. The van der Waals surface area contributed by atoms with Crippen molar-refractivity contribution in [1.29, 1.82) is 0 Å². The smallest absolute Gasteiger partial charge is 0.274 e. The first-order valence-corrected chi connectivity index (χ1v) is 8.37. The molecule has 0 fully saturated rings. The number of pyridine rings is 1. The molecule has 3 aromatic rings. The molecule has 26 heavy (non-hydrogen) atoms. The molecule has 0 unspecified atom stereocenters. The van der Waals surface area contributed by atoms with Crippen molar-refractivity contribution in [2.24, 2.45) is 0 Å². The van der Waals surface area contributed by atoms with Crippen LogP contribution in [0.25, 0.3) is 0 Å². The number of halogens is 1. The van der Waals surface area contributed by atoms with Gasteiger partial charge in [0.25, 0.3) is 5.91 Å². The van der Waals surface area contributed by atoms with Crippen molar-refractivity contribution in [3.05, 3.63) is 77.1 Å². The molecule has 6 heteroatoms. The average molecular weight is 368 g/mol. The van der Waals surface area contributed by atoms with Crippen LogP contribution in [-0.2, 0) is 0 Å². The van der Waals surface area contributed by atoms with Crippen molar-refractivity contribution in [2.75, 3.05) is 17.7 Å². The zero-order valence-corrected chi connectivity index (χ0v) is 15.2. The third-order valence-electron chi connectivity index (χ3n) is 3.71. The molecule has 1 aromatic heterocycles. The van der Waals surface area contributed by atoms with Crippen LogP contribution in [0.15, 0.2) is 60.8 Å². The van der Waals surface area contributed by atoms with E-state index in [4.69, 9.17) is 16.3 Å². The number of aryl methyl sites for hydroxylation is 1. The van der Waals surface area contributed by atoms with Gasteiger partial charge in [-0.2, -0.15) is 0 Å². The first-order chi connectivity index (χ1) is 12.5. The second kappa shape index (κ2) is 7.89. The van der Waals surface area contributed by atoms with Gasteiger partial charge in [-0.15, -0.1) is 0 Å². The Hall–Kier alpha value is -3.05. The molecule has 0 bridgehead atoms. The lowest BCUT2D eigenvalue weighted by Crippen LogP contribution is -2.13. The molecule has 0 atom stereocenters. The number of nitrogens with zero attached hydrogens (tertiary/aromatic N) is 1. The number of methoxy groups -OCH3 is 1. The van der Waals surface area contributed by atoms with E-state index in [1.807, 2.05) is 37.3 Å². The van der Waals surface area contributed by atoms with E-state index in [0.29, 0.717) is 22.2 Å². The Morgan fingerprint density at radius 2 is 1.85 bits per heavy atom. The van der Waals surface area contributed by atoms with Crippen LogP contribution in [0.4, 0.5) is 17.1 Å². The molecule has 1 amide bonds. The quantitative estimate of drug-likeness (QED) is 0.662. The summed E-state index contributed by atoms with van der Waals surface area (Å²) in [6.45, 7) is 2.03. The minimum atomic E-state index is -0.312. The number of benzene rings is 2. The third-order valence-corrected chi connectivity index (χ3v) is 4.01. The molecule has 0 spiro atoms. The van der Waals surface area contributed by atoms with Gasteiger partial charge in [-0.25, -0.2) is 4.98 Å². The second-order valence-electron chi connectivity index (χ2n) is 5.73. The van der Waals surface area contributed by atoms with E-state index in [1.54, 1.807) is 30.5 Å². The van der Waals surface area contributed by atoms with E-state index in [-0.39, 0.29) is 5.91 Å². The van der Waals surface area contributed by atoms with Crippen molar-refractivity contribution in [2.45, 2.75) is 6.92 Å². The highest BCUT2D eigenvalue weighted by Crippen LogP contribution is 2.27. The summed E-state index contributed by atoms with van der Waals surface area (Å²) < 4.78 is 5.09. The van der Waals surface area contributed by atoms with Crippen molar-refractivity contribution < 1.29 is 9.53 Å². The molecular formula is C20H18ClN3O2. The molecule has 0 aliphatic carbocycles.